The molecule has 4 amide bonds. The molecule has 2 saturated heterocycles. The van der Waals surface area contributed by atoms with Gasteiger partial charge in [0.1, 0.15) is 18.8 Å². The van der Waals surface area contributed by atoms with Gasteiger partial charge in [0.2, 0.25) is 11.8 Å². The van der Waals surface area contributed by atoms with Gasteiger partial charge in [-0.3, -0.25) is 14.5 Å². The van der Waals surface area contributed by atoms with E-state index in [1.165, 1.54) is 20.8 Å². The number of likely N-dealkylation sites (N-methyl/N-ethyl adjacent to an activating group) is 1. The van der Waals surface area contributed by atoms with E-state index in [9.17, 15) is 24.3 Å². The number of carbonyl (C=O) groups is 4. The summed E-state index contributed by atoms with van der Waals surface area (Å²) in [5.74, 6) is -2.01. The molecule has 9 heteroatoms. The van der Waals surface area contributed by atoms with Gasteiger partial charge in [0.15, 0.2) is 0 Å². The number of aliphatic hydroxyl groups is 1. The number of fused-ring (bicyclic) bond motifs is 3. The molecule has 3 heterocycles. The lowest BCUT2D eigenvalue weighted by Crippen LogP contribution is -2.64. The maximum atomic E-state index is 12.9. The van der Waals surface area contributed by atoms with Crippen LogP contribution in [0, 0.1) is 17.8 Å². The Hall–Kier alpha value is -2.68. The Morgan fingerprint density at radius 2 is 2.07 bits per heavy atom. The highest BCUT2D eigenvalue weighted by molar-refractivity contribution is 6.02. The van der Waals surface area contributed by atoms with Gasteiger partial charge < -0.3 is 19.6 Å². The number of β-lactam (4-membered cyclic amide) rings is 1. The number of imide groups is 1. The first-order valence-corrected chi connectivity index (χ1v) is 10.4. The van der Waals surface area contributed by atoms with Crippen molar-refractivity contribution in [1.82, 2.24) is 14.7 Å². The molecule has 9 nitrogen and oxygen atoms in total. The van der Waals surface area contributed by atoms with Crippen LogP contribution in [0.3, 0.4) is 0 Å². The lowest BCUT2D eigenvalue weighted by atomic mass is 9.69. The topological polar surface area (TPSA) is 107 Å². The monoisotopic (exact) mass is 417 g/mol. The minimum Gasteiger partial charge on any atom is -0.457 e. The number of amides is 4. The first kappa shape index (κ1) is 20.6. The zero-order valence-electron chi connectivity index (χ0n) is 17.2. The average molecular weight is 417 g/mol. The largest absolute Gasteiger partial charge is 0.457 e. The van der Waals surface area contributed by atoms with Crippen molar-refractivity contribution in [1.29, 1.82) is 0 Å². The third-order valence-corrected chi connectivity index (χ3v) is 6.70. The molecule has 3 aliphatic heterocycles. The van der Waals surface area contributed by atoms with Crippen molar-refractivity contribution >= 4 is 23.8 Å². The molecule has 1 saturated carbocycles. The summed E-state index contributed by atoms with van der Waals surface area (Å²) in [6.07, 6.45) is 2.98. The minimum absolute atomic E-state index is 0.0192. The van der Waals surface area contributed by atoms with Crippen LogP contribution in [-0.2, 0) is 19.1 Å². The van der Waals surface area contributed by atoms with Crippen molar-refractivity contribution in [2.75, 3.05) is 26.7 Å². The van der Waals surface area contributed by atoms with E-state index in [1.807, 2.05) is 0 Å². The van der Waals surface area contributed by atoms with Gasteiger partial charge in [0.25, 0.3) is 0 Å². The smallest absolute Gasteiger partial charge is 0.355 e. The van der Waals surface area contributed by atoms with Gasteiger partial charge in [-0.25, -0.2) is 9.59 Å². The number of hydrogen-bond donors (Lipinski definition) is 1. The fourth-order valence-corrected chi connectivity index (χ4v) is 5.45. The van der Waals surface area contributed by atoms with Crippen LogP contribution in [0.15, 0.2) is 23.9 Å². The normalized spacial score (nSPS) is 31.6. The molecule has 3 fully saturated rings. The van der Waals surface area contributed by atoms with Crippen LogP contribution in [0.2, 0.25) is 0 Å². The van der Waals surface area contributed by atoms with Crippen LogP contribution < -0.4 is 0 Å². The van der Waals surface area contributed by atoms with Crippen molar-refractivity contribution in [2.24, 2.45) is 17.8 Å². The van der Waals surface area contributed by atoms with Crippen LogP contribution in [-0.4, -0.2) is 82.5 Å². The lowest BCUT2D eigenvalue weighted by Gasteiger charge is -2.47. The van der Waals surface area contributed by atoms with Gasteiger partial charge in [0, 0.05) is 25.4 Å². The van der Waals surface area contributed by atoms with Crippen LogP contribution in [0.25, 0.3) is 0 Å². The van der Waals surface area contributed by atoms with E-state index in [0.29, 0.717) is 6.42 Å². The van der Waals surface area contributed by atoms with Crippen molar-refractivity contribution in [3.63, 3.8) is 0 Å². The first-order valence-electron chi connectivity index (χ1n) is 10.4. The third-order valence-electron chi connectivity index (χ3n) is 6.70. The highest BCUT2D eigenvalue weighted by Crippen LogP contribution is 2.54. The van der Waals surface area contributed by atoms with Crippen LogP contribution >= 0.6 is 0 Å². The first-order chi connectivity index (χ1) is 14.3. The highest BCUT2D eigenvalue weighted by atomic mass is 16.5. The zero-order valence-corrected chi connectivity index (χ0v) is 17.2. The second kappa shape index (κ2) is 7.54. The molecule has 0 radical (unpaired) electrons. The number of rotatable bonds is 6. The van der Waals surface area contributed by atoms with Crippen LogP contribution in [0.5, 0.6) is 0 Å². The molecule has 5 atom stereocenters. The Morgan fingerprint density at radius 3 is 2.67 bits per heavy atom. The second-order valence-corrected chi connectivity index (χ2v) is 8.53. The van der Waals surface area contributed by atoms with Crippen molar-refractivity contribution in [2.45, 2.75) is 38.3 Å². The van der Waals surface area contributed by atoms with E-state index >= 15 is 0 Å². The number of ether oxygens (including phenoxy) is 1. The summed E-state index contributed by atoms with van der Waals surface area (Å²) in [5.41, 5.74) is 1.01. The van der Waals surface area contributed by atoms with Gasteiger partial charge in [0.05, 0.1) is 18.1 Å². The fraction of sp³-hybridized carbons (Fsp3) is 0.619. The Bertz CT molecular complexity index is 850. The molecular weight excluding hydrogens is 390 g/mol. The van der Waals surface area contributed by atoms with E-state index in [0.717, 1.165) is 18.4 Å². The third kappa shape index (κ3) is 2.94. The van der Waals surface area contributed by atoms with Crippen molar-refractivity contribution < 1.29 is 29.0 Å². The van der Waals surface area contributed by atoms with E-state index in [2.05, 4.69) is 6.58 Å². The Kier molecular flexibility index (Phi) is 5.17. The molecule has 0 aromatic rings. The minimum atomic E-state index is -0.820. The SMILES string of the molecule is C=CCOC(=O)C1=C2[C@@H](CN3C(=O)CN(C)C3=O)CCC[C@@H]2[C@@H]2[C@@H]([C@@H](C)O)C(=O)N12. The summed E-state index contributed by atoms with van der Waals surface area (Å²) in [7, 11) is 1.58. The molecule has 4 aliphatic rings. The molecule has 4 rings (SSSR count). The molecule has 0 aromatic heterocycles. The maximum absolute atomic E-state index is 12.9. The summed E-state index contributed by atoms with van der Waals surface area (Å²) in [6.45, 7) is 5.38. The fourth-order valence-electron chi connectivity index (χ4n) is 5.45. The van der Waals surface area contributed by atoms with Crippen LogP contribution in [0.1, 0.15) is 26.2 Å². The average Bonchev–Trinajstić information content (AvgIpc) is 3.12. The van der Waals surface area contributed by atoms with Crippen molar-refractivity contribution in [3.05, 3.63) is 23.9 Å². The molecule has 0 bridgehead atoms. The second-order valence-electron chi connectivity index (χ2n) is 8.53. The molecule has 30 heavy (non-hydrogen) atoms. The van der Waals surface area contributed by atoms with Gasteiger partial charge in [-0.2, -0.15) is 0 Å². The quantitative estimate of drug-likeness (QED) is 0.292. The van der Waals surface area contributed by atoms with Crippen molar-refractivity contribution in [3.8, 4) is 0 Å². The summed E-state index contributed by atoms with van der Waals surface area (Å²) in [4.78, 5) is 54.4. The summed E-state index contributed by atoms with van der Waals surface area (Å²) >= 11 is 0. The predicted octanol–water partition coefficient (Wildman–Crippen LogP) is 0.501. The molecule has 0 spiro atoms. The lowest BCUT2D eigenvalue weighted by molar-refractivity contribution is -0.164. The predicted molar refractivity (Wildman–Crippen MR) is 105 cm³/mol. The maximum Gasteiger partial charge on any atom is 0.355 e. The Morgan fingerprint density at radius 1 is 1.33 bits per heavy atom. The van der Waals surface area contributed by atoms with E-state index in [4.69, 9.17) is 4.74 Å². The number of hydrogen-bond acceptors (Lipinski definition) is 6. The number of nitrogens with zero attached hydrogens (tertiary/aromatic N) is 3. The highest BCUT2D eigenvalue weighted by Gasteiger charge is 2.62. The Labute approximate surface area is 174 Å². The van der Waals surface area contributed by atoms with Crippen LogP contribution in [0.4, 0.5) is 4.79 Å². The van der Waals surface area contributed by atoms with E-state index < -0.39 is 18.0 Å². The molecule has 162 valence electrons. The summed E-state index contributed by atoms with van der Waals surface area (Å²) < 4.78 is 5.27. The standard InChI is InChI=1S/C21H27N3O6/c1-4-8-30-20(28)18-16-12(9-23-14(26)10-22(3)21(23)29)6-5-7-13(16)17-15(11(2)25)19(27)24(17)18/h4,11-13,15,17,25H,1,5-10H2,2-3H3/t11-,12-,13+,15-,17-/m1/s1. The van der Waals surface area contributed by atoms with Gasteiger partial charge >= 0.3 is 12.0 Å². The summed E-state index contributed by atoms with van der Waals surface area (Å²) in [6, 6.07) is -0.632. The van der Waals surface area contributed by atoms with Gasteiger partial charge in [-0.15, -0.1) is 0 Å². The number of carbonyl (C=O) groups excluding carboxylic acids is 4. The van der Waals surface area contributed by atoms with E-state index in [-0.39, 0.29) is 61.1 Å². The Balaban J connectivity index is 1.70. The number of aliphatic hydroxyl groups excluding tert-OH is 1. The number of esters is 1. The zero-order chi connectivity index (χ0) is 21.7. The number of urea groups is 1. The molecule has 0 aromatic carbocycles. The molecule has 0 unspecified atom stereocenters. The molecular formula is C21H27N3O6. The molecule has 1 N–H and O–H groups in total. The molecule has 1 aliphatic carbocycles. The van der Waals surface area contributed by atoms with Gasteiger partial charge in [-0.1, -0.05) is 19.1 Å². The van der Waals surface area contributed by atoms with E-state index in [1.54, 1.807) is 14.0 Å². The van der Waals surface area contributed by atoms with Gasteiger partial charge in [-0.05, 0) is 25.3 Å². The summed E-state index contributed by atoms with van der Waals surface area (Å²) in [5, 5.41) is 10.1.